The number of anilines is 1. The molecule has 1 aromatic heterocycles. The number of nitrogens with one attached hydrogen (secondary N) is 1. The minimum atomic E-state index is -1.05. The van der Waals surface area contributed by atoms with Gasteiger partial charge in [0.15, 0.2) is 6.10 Å². The third kappa shape index (κ3) is 4.37. The van der Waals surface area contributed by atoms with Gasteiger partial charge in [0.25, 0.3) is 5.91 Å². The molecule has 27 heavy (non-hydrogen) atoms. The predicted octanol–water partition coefficient (Wildman–Crippen LogP) is 4.89. The molecule has 1 heterocycles. The molecule has 2 aromatic carbocycles. The molecule has 0 aliphatic heterocycles. The van der Waals surface area contributed by atoms with Crippen LogP contribution in [0.15, 0.2) is 42.5 Å². The number of amides is 1. The Bertz CT molecular complexity index is 1020. The van der Waals surface area contributed by atoms with Crippen molar-refractivity contribution in [3.8, 4) is 5.75 Å². The van der Waals surface area contributed by atoms with E-state index in [1.54, 1.807) is 18.2 Å². The normalized spacial score (nSPS) is 11.9. The zero-order chi connectivity index (χ0) is 19.6. The maximum Gasteiger partial charge on any atom is 0.349 e. The number of halogens is 2. The molecule has 5 nitrogen and oxygen atoms in total. The summed E-state index contributed by atoms with van der Waals surface area (Å²) in [5.74, 6) is -1.14. The fraction of sp³-hybridized carbons (Fsp3) is 0.158. The van der Waals surface area contributed by atoms with E-state index in [0.29, 0.717) is 21.8 Å². The number of carbonyl (C=O) groups excluding carboxylic acids is 2. The van der Waals surface area contributed by atoms with E-state index in [2.05, 4.69) is 5.32 Å². The summed E-state index contributed by atoms with van der Waals surface area (Å²) in [4.78, 5) is 24.9. The molecule has 0 radical (unpaired) electrons. The van der Waals surface area contributed by atoms with Crippen LogP contribution in [0.3, 0.4) is 0 Å². The van der Waals surface area contributed by atoms with Crippen LogP contribution in [0.1, 0.15) is 16.6 Å². The summed E-state index contributed by atoms with van der Waals surface area (Å²) in [5, 5.41) is 3.65. The summed E-state index contributed by atoms with van der Waals surface area (Å²) < 4.78 is 24.4. The molecule has 1 amide bonds. The monoisotopic (exact) mass is 407 g/mol. The number of hydrogen-bond acceptors (Lipinski definition) is 5. The second-order valence-corrected chi connectivity index (χ2v) is 7.19. The first-order valence-corrected chi connectivity index (χ1v) is 9.11. The molecule has 0 fully saturated rings. The van der Waals surface area contributed by atoms with E-state index in [4.69, 9.17) is 21.1 Å². The van der Waals surface area contributed by atoms with E-state index in [9.17, 15) is 14.0 Å². The van der Waals surface area contributed by atoms with Crippen LogP contribution in [0.2, 0.25) is 5.02 Å². The molecule has 3 aromatic rings. The lowest BCUT2D eigenvalue weighted by Gasteiger charge is -2.15. The minimum absolute atomic E-state index is 0.288. The molecule has 0 saturated heterocycles. The summed E-state index contributed by atoms with van der Waals surface area (Å²) >= 11 is 7.10. The van der Waals surface area contributed by atoms with Crippen molar-refractivity contribution in [2.45, 2.75) is 13.0 Å². The van der Waals surface area contributed by atoms with Crippen LogP contribution < -0.4 is 10.1 Å². The molecule has 0 aliphatic carbocycles. The summed E-state index contributed by atoms with van der Waals surface area (Å²) in [7, 11) is 1.46. The van der Waals surface area contributed by atoms with Crippen molar-refractivity contribution >= 4 is 50.6 Å². The molecule has 0 bridgehead atoms. The second kappa shape index (κ2) is 7.94. The van der Waals surface area contributed by atoms with Crippen LogP contribution in [0.25, 0.3) is 10.1 Å². The van der Waals surface area contributed by atoms with Crippen molar-refractivity contribution in [3.05, 3.63) is 58.2 Å². The smallest absolute Gasteiger partial charge is 0.349 e. The lowest BCUT2D eigenvalue weighted by atomic mass is 10.2. The van der Waals surface area contributed by atoms with Gasteiger partial charge in [0.1, 0.15) is 16.4 Å². The molecule has 0 aliphatic rings. The number of benzene rings is 2. The number of carbonyl (C=O) groups is 2. The fourth-order valence-corrected chi connectivity index (χ4v) is 3.50. The first kappa shape index (κ1) is 19.1. The Morgan fingerprint density at radius 3 is 2.70 bits per heavy atom. The van der Waals surface area contributed by atoms with Gasteiger partial charge in [-0.2, -0.15) is 0 Å². The van der Waals surface area contributed by atoms with E-state index < -0.39 is 18.0 Å². The van der Waals surface area contributed by atoms with Crippen molar-refractivity contribution < 1.29 is 23.5 Å². The van der Waals surface area contributed by atoms with Gasteiger partial charge in [-0.05, 0) is 54.8 Å². The molecular formula is C19H15ClFNO4S. The summed E-state index contributed by atoms with van der Waals surface area (Å²) in [6, 6.07) is 10.6. The van der Waals surface area contributed by atoms with Gasteiger partial charge in [-0.25, -0.2) is 9.18 Å². The molecule has 3 rings (SSSR count). The fourth-order valence-electron chi connectivity index (χ4n) is 2.40. The molecule has 0 saturated carbocycles. The first-order valence-electron chi connectivity index (χ1n) is 7.92. The number of methoxy groups -OCH3 is 1. The SMILES string of the molecule is COc1ccc(Cl)cc1NC(=O)[C@@H](C)OC(=O)c1cc2cc(F)ccc2s1. The van der Waals surface area contributed by atoms with Gasteiger partial charge in [-0.3, -0.25) is 4.79 Å². The Hall–Kier alpha value is -2.64. The van der Waals surface area contributed by atoms with Crippen LogP contribution in [0.4, 0.5) is 10.1 Å². The summed E-state index contributed by atoms with van der Waals surface area (Å²) in [6.45, 7) is 1.46. The quantitative estimate of drug-likeness (QED) is 0.612. The third-order valence-electron chi connectivity index (χ3n) is 3.75. The number of hydrogen-bond donors (Lipinski definition) is 1. The Kier molecular flexibility index (Phi) is 5.62. The molecule has 8 heteroatoms. The number of thiophene rings is 1. The second-order valence-electron chi connectivity index (χ2n) is 5.67. The van der Waals surface area contributed by atoms with Crippen molar-refractivity contribution in [1.82, 2.24) is 0 Å². The highest BCUT2D eigenvalue weighted by Crippen LogP contribution is 2.29. The molecule has 1 N–H and O–H groups in total. The van der Waals surface area contributed by atoms with Gasteiger partial charge < -0.3 is 14.8 Å². The highest BCUT2D eigenvalue weighted by Gasteiger charge is 2.21. The van der Waals surface area contributed by atoms with E-state index >= 15 is 0 Å². The Morgan fingerprint density at radius 1 is 1.19 bits per heavy atom. The van der Waals surface area contributed by atoms with Crippen LogP contribution in [0, 0.1) is 5.82 Å². The van der Waals surface area contributed by atoms with Crippen molar-refractivity contribution in [2.24, 2.45) is 0 Å². The Balaban J connectivity index is 1.70. The predicted molar refractivity (Wildman–Crippen MR) is 103 cm³/mol. The maximum absolute atomic E-state index is 13.3. The van der Waals surface area contributed by atoms with Crippen LogP contribution >= 0.6 is 22.9 Å². The van der Waals surface area contributed by atoms with Gasteiger partial charge in [0, 0.05) is 9.72 Å². The van der Waals surface area contributed by atoms with E-state index in [0.717, 1.165) is 4.70 Å². The maximum atomic E-state index is 13.3. The number of esters is 1. The third-order valence-corrected chi connectivity index (χ3v) is 5.08. The zero-order valence-electron chi connectivity index (χ0n) is 14.4. The highest BCUT2D eigenvalue weighted by atomic mass is 35.5. The molecule has 140 valence electrons. The number of fused-ring (bicyclic) bond motifs is 1. The van der Waals surface area contributed by atoms with E-state index in [1.165, 1.54) is 49.6 Å². The minimum Gasteiger partial charge on any atom is -0.495 e. The topological polar surface area (TPSA) is 64.6 Å². The van der Waals surface area contributed by atoms with Crippen LogP contribution in [0.5, 0.6) is 5.75 Å². The van der Waals surface area contributed by atoms with E-state index in [-0.39, 0.29) is 10.7 Å². The highest BCUT2D eigenvalue weighted by molar-refractivity contribution is 7.20. The van der Waals surface area contributed by atoms with Gasteiger partial charge in [-0.1, -0.05) is 11.6 Å². The van der Waals surface area contributed by atoms with Crippen LogP contribution in [-0.4, -0.2) is 25.1 Å². The molecule has 0 spiro atoms. The zero-order valence-corrected chi connectivity index (χ0v) is 16.0. The Morgan fingerprint density at radius 2 is 1.96 bits per heavy atom. The van der Waals surface area contributed by atoms with Gasteiger partial charge in [0.2, 0.25) is 0 Å². The van der Waals surface area contributed by atoms with Crippen LogP contribution in [-0.2, 0) is 9.53 Å². The van der Waals surface area contributed by atoms with Gasteiger partial charge >= 0.3 is 5.97 Å². The Labute approximate surface area is 163 Å². The van der Waals surface area contributed by atoms with Crippen molar-refractivity contribution in [2.75, 3.05) is 12.4 Å². The summed E-state index contributed by atoms with van der Waals surface area (Å²) in [5.41, 5.74) is 0.371. The lowest BCUT2D eigenvalue weighted by Crippen LogP contribution is -2.29. The number of ether oxygens (including phenoxy) is 2. The number of rotatable bonds is 5. The molecule has 1 atom stereocenters. The van der Waals surface area contributed by atoms with Crippen molar-refractivity contribution in [1.29, 1.82) is 0 Å². The average Bonchev–Trinajstić information content (AvgIpc) is 3.05. The standard InChI is InChI=1S/C19H15ClFNO4S/c1-10(18(23)22-14-9-12(20)3-5-15(14)25-2)26-19(24)17-8-11-7-13(21)4-6-16(11)27-17/h3-10H,1-2H3,(H,22,23)/t10-/m1/s1. The summed E-state index contributed by atoms with van der Waals surface area (Å²) in [6.07, 6.45) is -1.05. The van der Waals surface area contributed by atoms with Gasteiger partial charge in [0.05, 0.1) is 12.8 Å². The first-order chi connectivity index (χ1) is 12.9. The largest absolute Gasteiger partial charge is 0.495 e. The van der Waals surface area contributed by atoms with Crippen molar-refractivity contribution in [3.63, 3.8) is 0 Å². The lowest BCUT2D eigenvalue weighted by molar-refractivity contribution is -0.123. The molecular weight excluding hydrogens is 393 g/mol. The molecule has 0 unspecified atom stereocenters. The van der Waals surface area contributed by atoms with Gasteiger partial charge in [-0.15, -0.1) is 11.3 Å². The van der Waals surface area contributed by atoms with E-state index in [1.807, 2.05) is 0 Å². The average molecular weight is 408 g/mol.